The third kappa shape index (κ3) is 3.66. The van der Waals surface area contributed by atoms with E-state index >= 15 is 0 Å². The lowest BCUT2D eigenvalue weighted by Crippen LogP contribution is -2.15. The van der Waals surface area contributed by atoms with Crippen LogP contribution in [-0.4, -0.2) is 17.0 Å². The topological polar surface area (TPSA) is 66.4 Å². The summed E-state index contributed by atoms with van der Waals surface area (Å²) in [6.45, 7) is 1.84. The van der Waals surface area contributed by atoms with E-state index in [0.29, 0.717) is 5.56 Å². The van der Waals surface area contributed by atoms with Crippen LogP contribution in [0, 0.1) is 12.7 Å². The lowest BCUT2D eigenvalue weighted by atomic mass is 10.1. The summed E-state index contributed by atoms with van der Waals surface area (Å²) in [5, 5.41) is 11.5. The van der Waals surface area contributed by atoms with Crippen molar-refractivity contribution in [3.8, 4) is 0 Å². The lowest BCUT2D eigenvalue weighted by molar-refractivity contribution is 0.0697. The average molecular weight is 352 g/mol. The zero-order valence-corrected chi connectivity index (χ0v) is 12.6. The molecule has 0 bridgehead atoms. The van der Waals surface area contributed by atoms with Gasteiger partial charge in [0.05, 0.1) is 11.3 Å². The molecule has 108 valence electrons. The van der Waals surface area contributed by atoms with Gasteiger partial charge in [0.1, 0.15) is 5.82 Å². The Labute approximate surface area is 128 Å². The van der Waals surface area contributed by atoms with Gasteiger partial charge in [-0.05, 0) is 48.9 Å². The van der Waals surface area contributed by atoms with E-state index in [1.807, 2.05) is 13.0 Å². The zero-order valence-electron chi connectivity index (χ0n) is 11.0. The summed E-state index contributed by atoms with van der Waals surface area (Å²) < 4.78 is 13.8. The van der Waals surface area contributed by atoms with Crippen LogP contribution in [0.3, 0.4) is 0 Å². The first kappa shape index (κ1) is 15.2. The molecule has 21 heavy (non-hydrogen) atoms. The van der Waals surface area contributed by atoms with E-state index in [2.05, 4.69) is 21.2 Å². The molecule has 2 aromatic carbocycles. The van der Waals surface area contributed by atoms with E-state index in [1.54, 1.807) is 12.1 Å². The number of benzene rings is 2. The summed E-state index contributed by atoms with van der Waals surface area (Å²) in [6, 6.07) is 8.31. The minimum atomic E-state index is -1.31. The van der Waals surface area contributed by atoms with Crippen LogP contribution in [0.5, 0.6) is 0 Å². The van der Waals surface area contributed by atoms with Gasteiger partial charge in [0.15, 0.2) is 0 Å². The number of nitrogens with one attached hydrogen (secondary N) is 1. The van der Waals surface area contributed by atoms with Crippen molar-refractivity contribution in [1.29, 1.82) is 0 Å². The summed E-state index contributed by atoms with van der Waals surface area (Å²) in [4.78, 5) is 23.2. The summed E-state index contributed by atoms with van der Waals surface area (Å²) in [7, 11) is 0. The van der Waals surface area contributed by atoms with Gasteiger partial charge in [-0.2, -0.15) is 0 Å². The first-order valence-corrected chi connectivity index (χ1v) is 6.77. The molecule has 0 saturated carbocycles. The van der Waals surface area contributed by atoms with Crippen LogP contribution in [-0.2, 0) is 0 Å². The Kier molecular flexibility index (Phi) is 4.37. The molecule has 0 unspecified atom stereocenters. The summed E-state index contributed by atoms with van der Waals surface area (Å²) in [5.74, 6) is -2.45. The van der Waals surface area contributed by atoms with Crippen molar-refractivity contribution in [3.63, 3.8) is 0 Å². The predicted molar refractivity (Wildman–Crippen MR) is 80.2 cm³/mol. The highest BCUT2D eigenvalue weighted by Gasteiger charge is 2.15. The van der Waals surface area contributed by atoms with Crippen LogP contribution in [0.25, 0.3) is 0 Å². The number of aromatic carboxylic acids is 1. The van der Waals surface area contributed by atoms with Crippen molar-refractivity contribution in [2.75, 3.05) is 5.32 Å². The number of hydrogen-bond acceptors (Lipinski definition) is 2. The monoisotopic (exact) mass is 351 g/mol. The largest absolute Gasteiger partial charge is 0.478 e. The number of halogens is 2. The van der Waals surface area contributed by atoms with Crippen LogP contribution in [0.1, 0.15) is 26.3 Å². The Hall–Kier alpha value is -2.21. The molecule has 2 aromatic rings. The highest BCUT2D eigenvalue weighted by Crippen LogP contribution is 2.20. The van der Waals surface area contributed by atoms with E-state index < -0.39 is 17.7 Å². The quantitative estimate of drug-likeness (QED) is 0.882. The maximum Gasteiger partial charge on any atom is 0.337 e. The third-order valence-electron chi connectivity index (χ3n) is 2.76. The third-order valence-corrected chi connectivity index (χ3v) is 3.22. The van der Waals surface area contributed by atoms with E-state index in [-0.39, 0.29) is 11.3 Å². The molecule has 0 saturated heterocycles. The van der Waals surface area contributed by atoms with Gasteiger partial charge in [-0.1, -0.05) is 15.9 Å². The molecule has 4 nitrogen and oxygen atoms in total. The highest BCUT2D eigenvalue weighted by molar-refractivity contribution is 9.10. The number of amides is 1. The van der Waals surface area contributed by atoms with Gasteiger partial charge in [-0.3, -0.25) is 4.79 Å². The molecular weight excluding hydrogens is 341 g/mol. The maximum atomic E-state index is 13.1. The SMILES string of the molecule is Cc1cc(Br)cc(C(=O)Nc2ccc(F)cc2C(=O)O)c1. The van der Waals surface area contributed by atoms with Crippen molar-refractivity contribution in [3.05, 3.63) is 63.4 Å². The number of carbonyl (C=O) groups excluding carboxylic acids is 1. The fraction of sp³-hybridized carbons (Fsp3) is 0.0667. The number of carbonyl (C=O) groups is 2. The molecule has 0 aliphatic heterocycles. The summed E-state index contributed by atoms with van der Waals surface area (Å²) >= 11 is 3.29. The van der Waals surface area contributed by atoms with Gasteiger partial charge < -0.3 is 10.4 Å². The number of carboxylic acids is 1. The predicted octanol–water partition coefficient (Wildman–Crippen LogP) is 3.85. The number of carboxylic acid groups (broad SMARTS) is 1. The molecule has 2 N–H and O–H groups in total. The second kappa shape index (κ2) is 6.05. The number of rotatable bonds is 3. The molecular formula is C15H11BrFNO3. The van der Waals surface area contributed by atoms with Crippen molar-refractivity contribution in [2.24, 2.45) is 0 Å². The Morgan fingerprint density at radius 1 is 1.19 bits per heavy atom. The lowest BCUT2D eigenvalue weighted by Gasteiger charge is -2.09. The summed E-state index contributed by atoms with van der Waals surface area (Å²) in [6.07, 6.45) is 0. The molecule has 0 atom stereocenters. The molecule has 0 spiro atoms. The van der Waals surface area contributed by atoms with Crippen molar-refractivity contribution in [1.82, 2.24) is 0 Å². The fourth-order valence-corrected chi connectivity index (χ4v) is 2.47. The van der Waals surface area contributed by atoms with Crippen LogP contribution in [0.4, 0.5) is 10.1 Å². The van der Waals surface area contributed by atoms with Gasteiger partial charge in [-0.25, -0.2) is 9.18 Å². The molecule has 0 aromatic heterocycles. The zero-order chi connectivity index (χ0) is 15.6. The number of hydrogen-bond donors (Lipinski definition) is 2. The standard InChI is InChI=1S/C15H11BrFNO3/c1-8-4-9(6-10(16)5-8)14(19)18-13-3-2-11(17)7-12(13)15(20)21/h2-7H,1H3,(H,18,19)(H,20,21). The van der Waals surface area contributed by atoms with Gasteiger partial charge in [0.25, 0.3) is 5.91 Å². The number of anilines is 1. The second-order valence-corrected chi connectivity index (χ2v) is 5.38. The van der Waals surface area contributed by atoms with Crippen LogP contribution >= 0.6 is 15.9 Å². The van der Waals surface area contributed by atoms with Crippen LogP contribution in [0.2, 0.25) is 0 Å². The van der Waals surface area contributed by atoms with Gasteiger partial charge in [-0.15, -0.1) is 0 Å². The van der Waals surface area contributed by atoms with E-state index in [9.17, 15) is 14.0 Å². The molecule has 0 heterocycles. The van der Waals surface area contributed by atoms with E-state index in [4.69, 9.17) is 5.11 Å². The smallest absolute Gasteiger partial charge is 0.337 e. The Morgan fingerprint density at radius 2 is 1.90 bits per heavy atom. The molecule has 0 aliphatic rings. The molecule has 2 rings (SSSR count). The average Bonchev–Trinajstić information content (AvgIpc) is 2.39. The molecule has 1 amide bonds. The van der Waals surface area contributed by atoms with Crippen molar-refractivity contribution in [2.45, 2.75) is 6.92 Å². The Bertz CT molecular complexity index is 711. The van der Waals surface area contributed by atoms with Gasteiger partial charge in [0, 0.05) is 10.0 Å². The van der Waals surface area contributed by atoms with Gasteiger partial charge >= 0.3 is 5.97 Å². The molecule has 0 fully saturated rings. The summed E-state index contributed by atoms with van der Waals surface area (Å²) in [5.41, 5.74) is 1.01. The minimum absolute atomic E-state index is 0.0477. The van der Waals surface area contributed by atoms with Crippen molar-refractivity contribution >= 4 is 33.5 Å². The van der Waals surface area contributed by atoms with E-state index in [1.165, 1.54) is 6.07 Å². The minimum Gasteiger partial charge on any atom is -0.478 e. The normalized spacial score (nSPS) is 10.2. The molecule has 0 radical (unpaired) electrons. The maximum absolute atomic E-state index is 13.1. The molecule has 0 aliphatic carbocycles. The molecule has 6 heteroatoms. The fourth-order valence-electron chi connectivity index (χ4n) is 1.86. The van der Waals surface area contributed by atoms with Crippen molar-refractivity contribution < 1.29 is 19.1 Å². The first-order chi connectivity index (χ1) is 9.86. The Balaban J connectivity index is 2.33. The number of aryl methyl sites for hydroxylation is 1. The first-order valence-electron chi connectivity index (χ1n) is 5.98. The highest BCUT2D eigenvalue weighted by atomic mass is 79.9. The van der Waals surface area contributed by atoms with E-state index in [0.717, 1.165) is 22.2 Å². The Morgan fingerprint density at radius 3 is 2.52 bits per heavy atom. The van der Waals surface area contributed by atoms with Crippen LogP contribution < -0.4 is 5.32 Å². The second-order valence-electron chi connectivity index (χ2n) is 4.47. The van der Waals surface area contributed by atoms with Crippen LogP contribution in [0.15, 0.2) is 40.9 Å². The van der Waals surface area contributed by atoms with Gasteiger partial charge in [0.2, 0.25) is 0 Å².